The van der Waals surface area contributed by atoms with Gasteiger partial charge in [-0.3, -0.25) is 4.79 Å². The molecule has 1 fully saturated rings. The number of hydrogen-bond donors (Lipinski definition) is 0. The van der Waals surface area contributed by atoms with E-state index in [1.807, 2.05) is 0 Å². The Balaban J connectivity index is 2.57. The van der Waals surface area contributed by atoms with E-state index in [-0.39, 0.29) is 12.2 Å². The van der Waals surface area contributed by atoms with Gasteiger partial charge < -0.3 is 4.74 Å². The van der Waals surface area contributed by atoms with E-state index < -0.39 is 0 Å². The van der Waals surface area contributed by atoms with Gasteiger partial charge in [-0.05, 0) is 11.8 Å². The monoisotopic (exact) mass is 184 g/mol. The van der Waals surface area contributed by atoms with Crippen LogP contribution in [-0.2, 0) is 9.53 Å². The Bertz CT molecular complexity index is 167. The third-order valence-electron chi connectivity index (χ3n) is 2.69. The molecule has 0 unspecified atom stereocenters. The molecule has 0 bridgehead atoms. The third kappa shape index (κ3) is 2.80. The first-order valence-corrected chi connectivity index (χ1v) is 5.18. The number of Topliss-reactive ketones (excluding diaryl/α,β-unsaturated/α-hetero) is 1. The molecule has 0 N–H and O–H groups in total. The van der Waals surface area contributed by atoms with Gasteiger partial charge in [-0.25, -0.2) is 0 Å². The highest BCUT2D eigenvalue weighted by molar-refractivity contribution is 5.80. The fraction of sp³-hybridized carbons (Fsp3) is 0.909. The molecule has 0 aliphatic carbocycles. The van der Waals surface area contributed by atoms with Gasteiger partial charge >= 0.3 is 0 Å². The predicted octanol–water partition coefficient (Wildman–Crippen LogP) is 2.42. The zero-order chi connectivity index (χ0) is 10.0. The zero-order valence-electron chi connectivity index (χ0n) is 9.04. The van der Waals surface area contributed by atoms with E-state index in [2.05, 4.69) is 27.7 Å². The van der Waals surface area contributed by atoms with Crippen LogP contribution in [0.2, 0.25) is 0 Å². The lowest BCUT2D eigenvalue weighted by atomic mass is 9.91. The van der Waals surface area contributed by atoms with Gasteiger partial charge in [-0.15, -0.1) is 0 Å². The highest BCUT2D eigenvalue weighted by atomic mass is 16.5. The van der Waals surface area contributed by atoms with Crippen molar-refractivity contribution < 1.29 is 9.53 Å². The fourth-order valence-corrected chi connectivity index (χ4v) is 1.64. The van der Waals surface area contributed by atoms with Crippen LogP contribution >= 0.6 is 0 Å². The smallest absolute Gasteiger partial charge is 0.138 e. The Labute approximate surface area is 80.7 Å². The minimum Gasteiger partial charge on any atom is -0.374 e. The van der Waals surface area contributed by atoms with Crippen molar-refractivity contribution in [2.24, 2.45) is 11.8 Å². The lowest BCUT2D eigenvalue weighted by molar-refractivity contribution is -0.142. The van der Waals surface area contributed by atoms with E-state index in [0.717, 1.165) is 0 Å². The van der Waals surface area contributed by atoms with E-state index in [1.165, 1.54) is 0 Å². The molecule has 2 atom stereocenters. The van der Waals surface area contributed by atoms with E-state index in [4.69, 9.17) is 4.74 Å². The average molecular weight is 184 g/mol. The van der Waals surface area contributed by atoms with Gasteiger partial charge in [0.15, 0.2) is 0 Å². The standard InChI is InChI=1S/C11H20O2/c1-7(2)10-5-9(12)6-11(13-10)8(3)4/h7-8,10-11H,5-6H2,1-4H3/t10-,11+. The van der Waals surface area contributed by atoms with Crippen molar-refractivity contribution in [2.45, 2.75) is 52.7 Å². The number of ketones is 1. The Morgan fingerprint density at radius 3 is 1.77 bits per heavy atom. The maximum absolute atomic E-state index is 11.4. The van der Waals surface area contributed by atoms with Crippen LogP contribution in [0.1, 0.15) is 40.5 Å². The van der Waals surface area contributed by atoms with Crippen LogP contribution < -0.4 is 0 Å². The predicted molar refractivity (Wildman–Crippen MR) is 52.6 cm³/mol. The minimum absolute atomic E-state index is 0.147. The second-order valence-corrected chi connectivity index (χ2v) is 4.65. The van der Waals surface area contributed by atoms with Gasteiger partial charge in [-0.1, -0.05) is 27.7 Å². The lowest BCUT2D eigenvalue weighted by Gasteiger charge is -2.33. The lowest BCUT2D eigenvalue weighted by Crippen LogP contribution is -2.38. The fourth-order valence-electron chi connectivity index (χ4n) is 1.64. The Morgan fingerprint density at radius 2 is 1.46 bits per heavy atom. The number of carbonyl (C=O) groups is 1. The van der Waals surface area contributed by atoms with Crippen LogP contribution in [0.4, 0.5) is 0 Å². The molecule has 1 saturated heterocycles. The molecule has 1 aliphatic heterocycles. The maximum Gasteiger partial charge on any atom is 0.138 e. The second kappa shape index (κ2) is 4.23. The van der Waals surface area contributed by atoms with E-state index in [0.29, 0.717) is 30.5 Å². The molecule has 1 aliphatic rings. The molecule has 0 saturated carbocycles. The molecule has 0 spiro atoms. The molecule has 76 valence electrons. The second-order valence-electron chi connectivity index (χ2n) is 4.65. The number of carbonyl (C=O) groups excluding carboxylic acids is 1. The van der Waals surface area contributed by atoms with Crippen LogP contribution in [0, 0.1) is 11.8 Å². The van der Waals surface area contributed by atoms with Gasteiger partial charge in [0.1, 0.15) is 5.78 Å². The summed E-state index contributed by atoms with van der Waals surface area (Å²) in [6, 6.07) is 0. The van der Waals surface area contributed by atoms with Crippen LogP contribution in [0.15, 0.2) is 0 Å². The summed E-state index contributed by atoms with van der Waals surface area (Å²) in [6.45, 7) is 8.45. The quantitative estimate of drug-likeness (QED) is 0.658. The van der Waals surface area contributed by atoms with E-state index in [1.54, 1.807) is 0 Å². The Morgan fingerprint density at radius 1 is 1.08 bits per heavy atom. The van der Waals surface area contributed by atoms with Crippen molar-refractivity contribution >= 4 is 5.78 Å². The molecule has 0 aromatic heterocycles. The molecule has 2 heteroatoms. The average Bonchev–Trinajstić information content (AvgIpc) is 2.03. The normalized spacial score (nSPS) is 30.2. The summed E-state index contributed by atoms with van der Waals surface area (Å²) in [7, 11) is 0. The van der Waals surface area contributed by atoms with Crippen LogP contribution in [-0.4, -0.2) is 18.0 Å². The van der Waals surface area contributed by atoms with Crippen LogP contribution in [0.3, 0.4) is 0 Å². The van der Waals surface area contributed by atoms with E-state index in [9.17, 15) is 4.79 Å². The molecule has 1 heterocycles. The first-order valence-electron chi connectivity index (χ1n) is 5.18. The van der Waals surface area contributed by atoms with Crippen molar-refractivity contribution in [2.75, 3.05) is 0 Å². The van der Waals surface area contributed by atoms with E-state index >= 15 is 0 Å². The summed E-state index contributed by atoms with van der Waals surface area (Å²) in [5, 5.41) is 0. The number of rotatable bonds is 2. The molecule has 0 aromatic rings. The molecular weight excluding hydrogens is 164 g/mol. The summed E-state index contributed by atoms with van der Waals surface area (Å²) < 4.78 is 5.86. The van der Waals surface area contributed by atoms with Crippen molar-refractivity contribution in [1.82, 2.24) is 0 Å². The summed E-state index contributed by atoms with van der Waals surface area (Å²) in [5.74, 6) is 1.26. The molecular formula is C11H20O2. The summed E-state index contributed by atoms with van der Waals surface area (Å²) in [6.07, 6.45) is 1.52. The highest BCUT2D eigenvalue weighted by Crippen LogP contribution is 2.25. The molecule has 0 radical (unpaired) electrons. The topological polar surface area (TPSA) is 26.3 Å². The van der Waals surface area contributed by atoms with Crippen molar-refractivity contribution in [3.05, 3.63) is 0 Å². The number of hydrogen-bond acceptors (Lipinski definition) is 2. The van der Waals surface area contributed by atoms with Crippen LogP contribution in [0.5, 0.6) is 0 Å². The first-order chi connectivity index (χ1) is 6.00. The molecule has 2 nitrogen and oxygen atoms in total. The van der Waals surface area contributed by atoms with Gasteiger partial charge in [-0.2, -0.15) is 0 Å². The summed E-state index contributed by atoms with van der Waals surface area (Å²) >= 11 is 0. The van der Waals surface area contributed by atoms with Gasteiger partial charge in [0.2, 0.25) is 0 Å². The van der Waals surface area contributed by atoms with Crippen LogP contribution in [0.25, 0.3) is 0 Å². The zero-order valence-corrected chi connectivity index (χ0v) is 9.04. The summed E-state index contributed by atoms with van der Waals surface area (Å²) in [4.78, 5) is 11.4. The highest BCUT2D eigenvalue weighted by Gasteiger charge is 2.30. The maximum atomic E-state index is 11.4. The van der Waals surface area contributed by atoms with Gasteiger partial charge in [0.25, 0.3) is 0 Å². The largest absolute Gasteiger partial charge is 0.374 e. The van der Waals surface area contributed by atoms with Gasteiger partial charge in [0.05, 0.1) is 12.2 Å². The first kappa shape index (κ1) is 10.7. The van der Waals surface area contributed by atoms with Crippen molar-refractivity contribution in [3.8, 4) is 0 Å². The Hall–Kier alpha value is -0.370. The molecule has 1 rings (SSSR count). The molecule has 13 heavy (non-hydrogen) atoms. The number of ether oxygens (including phenoxy) is 1. The van der Waals surface area contributed by atoms with Gasteiger partial charge in [0, 0.05) is 12.8 Å². The van der Waals surface area contributed by atoms with Crippen molar-refractivity contribution in [1.29, 1.82) is 0 Å². The SMILES string of the molecule is CC(C)[C@@H]1CC(=O)C[C@H](C(C)C)O1. The third-order valence-corrected chi connectivity index (χ3v) is 2.69. The van der Waals surface area contributed by atoms with Crippen molar-refractivity contribution in [3.63, 3.8) is 0 Å². The molecule has 0 amide bonds. The molecule has 0 aromatic carbocycles. The summed E-state index contributed by atoms with van der Waals surface area (Å²) in [5.41, 5.74) is 0. The minimum atomic E-state index is 0.147. The Kier molecular flexibility index (Phi) is 3.48.